The van der Waals surface area contributed by atoms with Gasteiger partial charge in [0.2, 0.25) is 5.88 Å². The monoisotopic (exact) mass is 303 g/mol. The second-order valence-electron chi connectivity index (χ2n) is 5.53. The fraction of sp³-hybridized carbons (Fsp3) is 0.500. The van der Waals surface area contributed by atoms with Crippen molar-refractivity contribution >= 4 is 11.8 Å². The molecule has 1 unspecified atom stereocenters. The Bertz CT molecular complexity index is 580. The number of carbonyl (C=O) groups excluding carboxylic acids is 1. The van der Waals surface area contributed by atoms with Crippen LogP contribution in [0.5, 0.6) is 5.88 Å². The van der Waals surface area contributed by atoms with Crippen molar-refractivity contribution in [3.05, 3.63) is 29.8 Å². The first-order valence-electron chi connectivity index (χ1n) is 7.50. The van der Waals surface area contributed by atoms with E-state index in [9.17, 15) is 4.79 Å². The average molecular weight is 303 g/mol. The van der Waals surface area contributed by atoms with Crippen LogP contribution in [0.3, 0.4) is 0 Å². The van der Waals surface area contributed by atoms with Gasteiger partial charge in [-0.3, -0.25) is 4.90 Å². The third-order valence-electron chi connectivity index (χ3n) is 4.29. The summed E-state index contributed by atoms with van der Waals surface area (Å²) in [6, 6.07) is 4.14. The van der Waals surface area contributed by atoms with Crippen molar-refractivity contribution < 1.29 is 14.3 Å². The van der Waals surface area contributed by atoms with E-state index in [-0.39, 0.29) is 0 Å². The van der Waals surface area contributed by atoms with Crippen molar-refractivity contribution in [2.24, 2.45) is 0 Å². The summed E-state index contributed by atoms with van der Waals surface area (Å²) < 4.78 is 9.98. The standard InChI is InChI=1S/C16H21N3O3/c1-21-15-13(16(20)22-2)5-6-14(17-15)19-10-7-12(11-19)18-8-3-4-9-18/h3-6,12H,7-11H2,1-2H3. The maximum Gasteiger partial charge on any atom is 0.343 e. The lowest BCUT2D eigenvalue weighted by molar-refractivity contribution is 0.0596. The first-order valence-corrected chi connectivity index (χ1v) is 7.50. The molecule has 118 valence electrons. The highest BCUT2D eigenvalue weighted by Crippen LogP contribution is 2.26. The Kier molecular flexibility index (Phi) is 4.29. The highest BCUT2D eigenvalue weighted by molar-refractivity contribution is 5.92. The van der Waals surface area contributed by atoms with Gasteiger partial charge in [0.25, 0.3) is 0 Å². The molecular formula is C16H21N3O3. The molecule has 0 amide bonds. The second kappa shape index (κ2) is 6.36. The number of anilines is 1. The normalized spacial score (nSPS) is 21.4. The Morgan fingerprint density at radius 3 is 2.73 bits per heavy atom. The van der Waals surface area contributed by atoms with Gasteiger partial charge in [0, 0.05) is 32.2 Å². The molecule has 0 N–H and O–H groups in total. The van der Waals surface area contributed by atoms with Crippen molar-refractivity contribution in [1.82, 2.24) is 9.88 Å². The molecule has 6 heteroatoms. The molecule has 2 aliphatic rings. The molecule has 1 aromatic heterocycles. The zero-order valence-corrected chi connectivity index (χ0v) is 13.0. The van der Waals surface area contributed by atoms with E-state index in [1.165, 1.54) is 14.2 Å². The van der Waals surface area contributed by atoms with Gasteiger partial charge in [0.1, 0.15) is 11.4 Å². The molecule has 1 saturated heterocycles. The molecule has 6 nitrogen and oxygen atoms in total. The third-order valence-corrected chi connectivity index (χ3v) is 4.29. The Morgan fingerprint density at radius 1 is 1.27 bits per heavy atom. The molecule has 22 heavy (non-hydrogen) atoms. The fourth-order valence-electron chi connectivity index (χ4n) is 3.07. The minimum atomic E-state index is -0.432. The van der Waals surface area contributed by atoms with Crippen molar-refractivity contribution in [1.29, 1.82) is 0 Å². The molecule has 0 radical (unpaired) electrons. The summed E-state index contributed by atoms with van der Waals surface area (Å²) in [5.41, 5.74) is 0.355. The molecule has 3 heterocycles. The second-order valence-corrected chi connectivity index (χ2v) is 5.53. The molecule has 0 aromatic carbocycles. The van der Waals surface area contributed by atoms with E-state index in [1.54, 1.807) is 6.07 Å². The summed E-state index contributed by atoms with van der Waals surface area (Å²) in [4.78, 5) is 20.9. The van der Waals surface area contributed by atoms with Gasteiger partial charge in [-0.25, -0.2) is 4.79 Å². The number of nitrogens with zero attached hydrogens (tertiary/aromatic N) is 3. The maximum absolute atomic E-state index is 11.7. The summed E-state index contributed by atoms with van der Waals surface area (Å²) in [7, 11) is 2.87. The predicted molar refractivity (Wildman–Crippen MR) is 83.5 cm³/mol. The summed E-state index contributed by atoms with van der Waals surface area (Å²) in [6.07, 6.45) is 5.56. The zero-order chi connectivity index (χ0) is 15.5. The molecule has 0 bridgehead atoms. The van der Waals surface area contributed by atoms with Gasteiger partial charge < -0.3 is 14.4 Å². The number of aromatic nitrogens is 1. The quantitative estimate of drug-likeness (QED) is 0.618. The van der Waals surface area contributed by atoms with Crippen LogP contribution in [0.15, 0.2) is 24.3 Å². The van der Waals surface area contributed by atoms with E-state index in [1.807, 2.05) is 6.07 Å². The van der Waals surface area contributed by atoms with Crippen molar-refractivity contribution in [2.75, 3.05) is 45.3 Å². The summed E-state index contributed by atoms with van der Waals surface area (Å²) in [5, 5.41) is 0. The van der Waals surface area contributed by atoms with Crippen LogP contribution >= 0.6 is 0 Å². The predicted octanol–water partition coefficient (Wildman–Crippen LogP) is 1.33. The number of rotatable bonds is 4. The molecule has 0 aliphatic carbocycles. The lowest BCUT2D eigenvalue weighted by atomic mass is 10.2. The number of carbonyl (C=O) groups is 1. The molecule has 1 aromatic rings. The van der Waals surface area contributed by atoms with Crippen LogP contribution in [0, 0.1) is 0 Å². The number of esters is 1. The van der Waals surface area contributed by atoms with E-state index in [0.717, 1.165) is 38.4 Å². The van der Waals surface area contributed by atoms with Crippen LogP contribution in [0.1, 0.15) is 16.8 Å². The first-order chi connectivity index (χ1) is 10.7. The van der Waals surface area contributed by atoms with Crippen LogP contribution in [-0.4, -0.2) is 62.3 Å². The van der Waals surface area contributed by atoms with E-state index < -0.39 is 5.97 Å². The molecular weight excluding hydrogens is 282 g/mol. The number of pyridine rings is 1. The van der Waals surface area contributed by atoms with Gasteiger partial charge in [-0.2, -0.15) is 4.98 Å². The first kappa shape index (κ1) is 14.8. The Morgan fingerprint density at radius 2 is 2.05 bits per heavy atom. The van der Waals surface area contributed by atoms with Crippen molar-refractivity contribution in [3.63, 3.8) is 0 Å². The largest absolute Gasteiger partial charge is 0.480 e. The van der Waals surface area contributed by atoms with E-state index in [4.69, 9.17) is 9.47 Å². The minimum Gasteiger partial charge on any atom is -0.480 e. The summed E-state index contributed by atoms with van der Waals surface area (Å²) in [6.45, 7) is 4.00. The average Bonchev–Trinajstić information content (AvgIpc) is 3.24. The highest BCUT2D eigenvalue weighted by atomic mass is 16.5. The SMILES string of the molecule is COC(=O)c1ccc(N2CCC(N3CC=CC3)C2)nc1OC. The number of hydrogen-bond donors (Lipinski definition) is 0. The van der Waals surface area contributed by atoms with Gasteiger partial charge in [-0.05, 0) is 18.6 Å². The van der Waals surface area contributed by atoms with Crippen LogP contribution < -0.4 is 9.64 Å². The number of hydrogen-bond acceptors (Lipinski definition) is 6. The minimum absolute atomic E-state index is 0.315. The zero-order valence-electron chi connectivity index (χ0n) is 13.0. The maximum atomic E-state index is 11.7. The molecule has 0 spiro atoms. The molecule has 2 aliphatic heterocycles. The van der Waals surface area contributed by atoms with Gasteiger partial charge >= 0.3 is 5.97 Å². The fourth-order valence-corrected chi connectivity index (χ4v) is 3.07. The smallest absolute Gasteiger partial charge is 0.343 e. The Balaban J connectivity index is 1.74. The molecule has 1 atom stereocenters. The van der Waals surface area contributed by atoms with Crippen LogP contribution in [0.2, 0.25) is 0 Å². The Hall–Kier alpha value is -2.08. The summed E-state index contributed by atoms with van der Waals surface area (Å²) >= 11 is 0. The lowest BCUT2D eigenvalue weighted by Gasteiger charge is -2.24. The number of ether oxygens (including phenoxy) is 2. The van der Waals surface area contributed by atoms with Gasteiger partial charge in [-0.1, -0.05) is 12.2 Å². The molecule has 3 rings (SSSR count). The van der Waals surface area contributed by atoms with Crippen molar-refractivity contribution in [3.8, 4) is 5.88 Å². The molecule has 1 fully saturated rings. The van der Waals surface area contributed by atoms with Crippen LogP contribution in [-0.2, 0) is 4.74 Å². The van der Waals surface area contributed by atoms with E-state index in [2.05, 4.69) is 26.9 Å². The van der Waals surface area contributed by atoms with E-state index in [0.29, 0.717) is 17.5 Å². The summed E-state index contributed by atoms with van der Waals surface area (Å²) in [5.74, 6) is 0.730. The van der Waals surface area contributed by atoms with Gasteiger partial charge in [0.15, 0.2) is 0 Å². The lowest BCUT2D eigenvalue weighted by Crippen LogP contribution is -2.35. The van der Waals surface area contributed by atoms with E-state index >= 15 is 0 Å². The topological polar surface area (TPSA) is 54.9 Å². The van der Waals surface area contributed by atoms with Gasteiger partial charge in [-0.15, -0.1) is 0 Å². The van der Waals surface area contributed by atoms with Crippen LogP contribution in [0.4, 0.5) is 5.82 Å². The van der Waals surface area contributed by atoms with Gasteiger partial charge in [0.05, 0.1) is 14.2 Å². The van der Waals surface area contributed by atoms with Crippen LogP contribution in [0.25, 0.3) is 0 Å². The number of methoxy groups -OCH3 is 2. The third kappa shape index (κ3) is 2.78. The molecule has 0 saturated carbocycles. The van der Waals surface area contributed by atoms with Crippen molar-refractivity contribution in [2.45, 2.75) is 12.5 Å². The Labute approximate surface area is 130 Å². The highest BCUT2D eigenvalue weighted by Gasteiger charge is 2.29.